The molecule has 124 valence electrons. The van der Waals surface area contributed by atoms with Gasteiger partial charge in [0.1, 0.15) is 5.76 Å². The normalized spacial score (nSPS) is 11.0. The minimum Gasteiger partial charge on any atom is -0.465 e. The zero-order valence-electron chi connectivity index (χ0n) is 12.7. The number of ether oxygens (including phenoxy) is 1. The van der Waals surface area contributed by atoms with E-state index in [0.717, 1.165) is 11.8 Å². The van der Waals surface area contributed by atoms with Crippen molar-refractivity contribution in [2.75, 3.05) is 17.6 Å². The minimum absolute atomic E-state index is 0.187. The van der Waals surface area contributed by atoms with Gasteiger partial charge in [-0.05, 0) is 29.8 Å². The van der Waals surface area contributed by atoms with E-state index in [1.54, 1.807) is 37.3 Å². The number of amides is 1. The molecule has 0 saturated heterocycles. The van der Waals surface area contributed by atoms with Gasteiger partial charge in [0.15, 0.2) is 6.61 Å². The lowest BCUT2D eigenvalue weighted by molar-refractivity contribution is -0.123. The van der Waals surface area contributed by atoms with E-state index in [-0.39, 0.29) is 24.9 Å². The first-order chi connectivity index (χ1) is 10.8. The molecular formula is C14H17N3O5S. The van der Waals surface area contributed by atoms with Crippen LogP contribution in [0.3, 0.4) is 0 Å². The average Bonchev–Trinajstić information content (AvgIpc) is 2.87. The third-order valence-electron chi connectivity index (χ3n) is 2.68. The molecule has 0 bridgehead atoms. The molecule has 1 amide bonds. The summed E-state index contributed by atoms with van der Waals surface area (Å²) >= 11 is 0. The van der Waals surface area contributed by atoms with Gasteiger partial charge in [-0.15, -0.1) is 0 Å². The summed E-state index contributed by atoms with van der Waals surface area (Å²) in [4.78, 5) is 11.7. The van der Waals surface area contributed by atoms with E-state index in [9.17, 15) is 13.2 Å². The molecule has 8 nitrogen and oxygen atoms in total. The first-order valence-corrected chi connectivity index (χ1v) is 8.60. The van der Waals surface area contributed by atoms with Crippen LogP contribution in [-0.2, 0) is 21.4 Å². The number of nitrogens with one attached hydrogen (secondary N) is 2. The molecule has 0 spiro atoms. The Bertz CT molecular complexity index is 785. The van der Waals surface area contributed by atoms with Gasteiger partial charge in [0.05, 0.1) is 6.26 Å². The largest absolute Gasteiger partial charge is 0.465 e. The third kappa shape index (κ3) is 5.99. The van der Waals surface area contributed by atoms with Crippen LogP contribution in [0, 0.1) is 6.92 Å². The Balaban J connectivity index is 1.83. The maximum Gasteiger partial charge on any atom is 0.258 e. The van der Waals surface area contributed by atoms with Crippen molar-refractivity contribution in [1.29, 1.82) is 0 Å². The van der Waals surface area contributed by atoms with Crippen LogP contribution in [0.1, 0.15) is 11.3 Å². The molecule has 9 heteroatoms. The summed E-state index contributed by atoms with van der Waals surface area (Å²) in [6.07, 6.45) is 1.07. The van der Waals surface area contributed by atoms with E-state index in [2.05, 4.69) is 15.2 Å². The summed E-state index contributed by atoms with van der Waals surface area (Å²) < 4.78 is 34.7. The molecule has 1 aromatic carbocycles. The Morgan fingerprint density at radius 3 is 2.78 bits per heavy atom. The summed E-state index contributed by atoms with van der Waals surface area (Å²) in [7, 11) is -3.34. The summed E-state index contributed by atoms with van der Waals surface area (Å²) in [6, 6.07) is 8.32. The predicted molar refractivity (Wildman–Crippen MR) is 83.5 cm³/mol. The molecule has 0 aliphatic rings. The molecule has 2 rings (SSSR count). The molecule has 2 N–H and O–H groups in total. The molecule has 1 heterocycles. The van der Waals surface area contributed by atoms with Crippen LogP contribution in [0.15, 0.2) is 34.9 Å². The second kappa shape index (κ2) is 7.14. The quantitative estimate of drug-likeness (QED) is 0.780. The second-order valence-corrected chi connectivity index (χ2v) is 6.66. The van der Waals surface area contributed by atoms with Crippen molar-refractivity contribution in [3.63, 3.8) is 0 Å². The minimum atomic E-state index is -3.34. The van der Waals surface area contributed by atoms with E-state index in [1.807, 2.05) is 0 Å². The lowest BCUT2D eigenvalue weighted by atomic mass is 10.2. The topological polar surface area (TPSA) is 111 Å². The molecule has 2 aromatic rings. The fourth-order valence-corrected chi connectivity index (χ4v) is 2.32. The van der Waals surface area contributed by atoms with Gasteiger partial charge in [-0.25, -0.2) is 8.42 Å². The Morgan fingerprint density at radius 1 is 1.35 bits per heavy atom. The molecule has 0 fully saturated rings. The standard InChI is InChI=1S/C14H17N3O5S/c1-10-6-14(16-22-10)21-9-13(18)15-8-11-4-3-5-12(7-11)17-23(2,19)20/h3-7,17H,8-9H2,1-2H3,(H,15,18). The van der Waals surface area contributed by atoms with Gasteiger partial charge in [-0.2, -0.15) is 0 Å². The highest BCUT2D eigenvalue weighted by Gasteiger charge is 2.07. The van der Waals surface area contributed by atoms with Gasteiger partial charge < -0.3 is 14.6 Å². The molecule has 0 unspecified atom stereocenters. The number of nitrogens with zero attached hydrogens (tertiary/aromatic N) is 1. The molecule has 0 saturated carbocycles. The van der Waals surface area contributed by atoms with Crippen molar-refractivity contribution < 1.29 is 22.5 Å². The maximum atomic E-state index is 11.7. The SMILES string of the molecule is Cc1cc(OCC(=O)NCc2cccc(NS(C)(=O)=O)c2)no1. The number of carbonyl (C=O) groups is 1. The Hall–Kier alpha value is -2.55. The van der Waals surface area contributed by atoms with Crippen LogP contribution in [0.2, 0.25) is 0 Å². The molecular weight excluding hydrogens is 322 g/mol. The monoisotopic (exact) mass is 339 g/mol. The van der Waals surface area contributed by atoms with Crippen LogP contribution < -0.4 is 14.8 Å². The lowest BCUT2D eigenvalue weighted by Gasteiger charge is -2.08. The number of benzene rings is 1. The second-order valence-electron chi connectivity index (χ2n) is 4.92. The van der Waals surface area contributed by atoms with Gasteiger partial charge in [0.2, 0.25) is 10.0 Å². The highest BCUT2D eigenvalue weighted by molar-refractivity contribution is 7.92. The number of aromatic nitrogens is 1. The molecule has 23 heavy (non-hydrogen) atoms. The number of rotatable bonds is 7. The highest BCUT2D eigenvalue weighted by Crippen LogP contribution is 2.12. The Labute approximate surface area is 133 Å². The molecule has 0 aliphatic carbocycles. The summed E-state index contributed by atoms with van der Waals surface area (Å²) in [5.74, 6) is 0.514. The molecule has 0 atom stereocenters. The first-order valence-electron chi connectivity index (χ1n) is 6.71. The van der Waals surface area contributed by atoms with E-state index in [1.165, 1.54) is 0 Å². The summed E-state index contributed by atoms with van der Waals surface area (Å²) in [5.41, 5.74) is 1.19. The van der Waals surface area contributed by atoms with Crippen molar-refractivity contribution in [1.82, 2.24) is 10.5 Å². The van der Waals surface area contributed by atoms with E-state index < -0.39 is 10.0 Å². The van der Waals surface area contributed by atoms with Crippen LogP contribution in [0.4, 0.5) is 5.69 Å². The van der Waals surface area contributed by atoms with E-state index in [4.69, 9.17) is 9.26 Å². The Morgan fingerprint density at radius 2 is 2.13 bits per heavy atom. The average molecular weight is 339 g/mol. The lowest BCUT2D eigenvalue weighted by Crippen LogP contribution is -2.28. The van der Waals surface area contributed by atoms with E-state index >= 15 is 0 Å². The van der Waals surface area contributed by atoms with Crippen LogP contribution >= 0.6 is 0 Å². The van der Waals surface area contributed by atoms with Crippen LogP contribution in [0.5, 0.6) is 5.88 Å². The fourth-order valence-electron chi connectivity index (χ4n) is 1.76. The zero-order chi connectivity index (χ0) is 16.9. The van der Waals surface area contributed by atoms with Crippen molar-refractivity contribution >= 4 is 21.6 Å². The number of aryl methyl sites for hydroxylation is 1. The highest BCUT2D eigenvalue weighted by atomic mass is 32.2. The Kier molecular flexibility index (Phi) is 5.22. The number of carbonyl (C=O) groups excluding carboxylic acids is 1. The smallest absolute Gasteiger partial charge is 0.258 e. The summed E-state index contributed by atoms with van der Waals surface area (Å²) in [5, 5.41) is 6.28. The summed E-state index contributed by atoms with van der Waals surface area (Å²) in [6.45, 7) is 1.78. The van der Waals surface area contributed by atoms with E-state index in [0.29, 0.717) is 11.4 Å². The van der Waals surface area contributed by atoms with Crippen molar-refractivity contribution in [2.24, 2.45) is 0 Å². The van der Waals surface area contributed by atoms with Gasteiger partial charge in [-0.3, -0.25) is 9.52 Å². The van der Waals surface area contributed by atoms with Crippen molar-refractivity contribution in [2.45, 2.75) is 13.5 Å². The van der Waals surface area contributed by atoms with Gasteiger partial charge in [0, 0.05) is 18.3 Å². The predicted octanol–water partition coefficient (Wildman–Crippen LogP) is 1.05. The number of hydrogen-bond acceptors (Lipinski definition) is 6. The van der Waals surface area contributed by atoms with Gasteiger partial charge in [0.25, 0.3) is 11.8 Å². The van der Waals surface area contributed by atoms with Crippen molar-refractivity contribution in [3.05, 3.63) is 41.7 Å². The fraction of sp³-hybridized carbons (Fsp3) is 0.286. The van der Waals surface area contributed by atoms with Gasteiger partial charge in [-0.1, -0.05) is 12.1 Å². The number of anilines is 1. The van der Waals surface area contributed by atoms with Crippen molar-refractivity contribution in [3.8, 4) is 5.88 Å². The molecule has 0 radical (unpaired) electrons. The maximum absolute atomic E-state index is 11.7. The first kappa shape index (κ1) is 16.8. The van der Waals surface area contributed by atoms with Gasteiger partial charge >= 0.3 is 0 Å². The zero-order valence-corrected chi connectivity index (χ0v) is 13.5. The molecule has 1 aromatic heterocycles. The van der Waals surface area contributed by atoms with Crippen LogP contribution in [0.25, 0.3) is 0 Å². The van der Waals surface area contributed by atoms with Crippen LogP contribution in [-0.4, -0.2) is 32.3 Å². The molecule has 0 aliphatic heterocycles. The number of sulfonamides is 1. The third-order valence-corrected chi connectivity index (χ3v) is 3.28. The number of hydrogen-bond donors (Lipinski definition) is 2.